The number of benzene rings is 2. The van der Waals surface area contributed by atoms with Gasteiger partial charge in [0, 0.05) is 5.56 Å². The first-order valence-electron chi connectivity index (χ1n) is 11.1. The number of hydrogen-bond acceptors (Lipinski definition) is 4. The molecule has 0 spiro atoms. The lowest BCUT2D eigenvalue weighted by molar-refractivity contribution is -0.130. The number of amides is 2. The third-order valence-electron chi connectivity index (χ3n) is 6.65. The van der Waals surface area contributed by atoms with Gasteiger partial charge in [-0.15, -0.1) is 0 Å². The molecule has 1 fully saturated rings. The lowest BCUT2D eigenvalue weighted by Crippen LogP contribution is -2.53. The minimum absolute atomic E-state index is 0.0706. The molecule has 0 unspecified atom stereocenters. The Hall–Kier alpha value is -3.22. The number of aliphatic imine (C=N–C) groups is 1. The Morgan fingerprint density at radius 1 is 1.28 bits per heavy atom. The number of guanidine groups is 1. The molecule has 1 heterocycles. The van der Waals surface area contributed by atoms with Gasteiger partial charge in [0.05, 0.1) is 24.5 Å². The van der Waals surface area contributed by atoms with E-state index in [9.17, 15) is 14.0 Å². The minimum Gasteiger partial charge on any atom is -0.369 e. The molecule has 6 nitrogen and oxygen atoms in total. The number of halogens is 1. The summed E-state index contributed by atoms with van der Waals surface area (Å²) in [6.07, 6.45) is 3.56. The monoisotopic (exact) mass is 436 g/mol. The third kappa shape index (κ3) is 4.52. The molecule has 32 heavy (non-hydrogen) atoms. The molecule has 2 aromatic rings. The summed E-state index contributed by atoms with van der Waals surface area (Å²) < 4.78 is 14.3. The molecule has 3 N–H and O–H groups in total. The fourth-order valence-corrected chi connectivity index (χ4v) is 4.49. The molecule has 1 aliphatic carbocycles. The fourth-order valence-electron chi connectivity index (χ4n) is 4.49. The van der Waals surface area contributed by atoms with Gasteiger partial charge in [-0.25, -0.2) is 9.38 Å². The smallest absolute Gasteiger partial charge is 0.251 e. The Morgan fingerprint density at radius 2 is 2.00 bits per heavy atom. The second-order valence-electron chi connectivity index (χ2n) is 9.07. The molecule has 0 saturated heterocycles. The van der Waals surface area contributed by atoms with Crippen molar-refractivity contribution in [2.24, 2.45) is 16.6 Å². The number of carbonyl (C=O) groups excluding carboxylic acids is 2. The van der Waals surface area contributed by atoms with E-state index in [0.29, 0.717) is 11.5 Å². The first kappa shape index (κ1) is 22.0. The van der Waals surface area contributed by atoms with E-state index >= 15 is 0 Å². The second kappa shape index (κ2) is 8.73. The first-order chi connectivity index (χ1) is 15.2. The van der Waals surface area contributed by atoms with Gasteiger partial charge >= 0.3 is 0 Å². The van der Waals surface area contributed by atoms with Crippen molar-refractivity contribution in [2.45, 2.75) is 57.7 Å². The Kier molecular flexibility index (Phi) is 6.00. The average molecular weight is 437 g/mol. The summed E-state index contributed by atoms with van der Waals surface area (Å²) in [5.41, 5.74) is 7.33. The van der Waals surface area contributed by atoms with Gasteiger partial charge in [-0.1, -0.05) is 36.8 Å². The van der Waals surface area contributed by atoms with Crippen molar-refractivity contribution in [1.82, 2.24) is 10.2 Å². The van der Waals surface area contributed by atoms with Crippen LogP contribution >= 0.6 is 0 Å². The van der Waals surface area contributed by atoms with E-state index in [4.69, 9.17) is 5.73 Å². The zero-order valence-corrected chi connectivity index (χ0v) is 18.5. The van der Waals surface area contributed by atoms with Crippen molar-refractivity contribution in [3.63, 3.8) is 0 Å². The van der Waals surface area contributed by atoms with Gasteiger partial charge in [-0.2, -0.15) is 0 Å². The fraction of sp³-hybridized carbons (Fsp3) is 0.400. The first-order valence-corrected chi connectivity index (χ1v) is 11.1. The molecule has 1 aliphatic heterocycles. The largest absolute Gasteiger partial charge is 0.369 e. The predicted octanol–water partition coefficient (Wildman–Crippen LogP) is 3.92. The van der Waals surface area contributed by atoms with Gasteiger partial charge < -0.3 is 11.1 Å². The van der Waals surface area contributed by atoms with E-state index in [1.54, 1.807) is 6.07 Å². The molecule has 2 aliphatic rings. The van der Waals surface area contributed by atoms with Crippen molar-refractivity contribution in [3.8, 4) is 0 Å². The van der Waals surface area contributed by atoms with E-state index in [0.717, 1.165) is 24.8 Å². The zero-order valence-electron chi connectivity index (χ0n) is 18.5. The van der Waals surface area contributed by atoms with Crippen LogP contribution in [0.4, 0.5) is 4.39 Å². The van der Waals surface area contributed by atoms with Crippen LogP contribution in [0.5, 0.6) is 0 Å². The molecule has 2 amide bonds. The van der Waals surface area contributed by atoms with Crippen molar-refractivity contribution in [2.75, 3.05) is 0 Å². The van der Waals surface area contributed by atoms with Gasteiger partial charge in [0.1, 0.15) is 5.82 Å². The molecule has 2 atom stereocenters. The van der Waals surface area contributed by atoms with Gasteiger partial charge in [0.25, 0.3) is 5.91 Å². The van der Waals surface area contributed by atoms with E-state index in [1.807, 2.05) is 44.2 Å². The summed E-state index contributed by atoms with van der Waals surface area (Å²) in [6, 6.07) is 13.4. The van der Waals surface area contributed by atoms with E-state index in [1.165, 1.54) is 17.0 Å². The quantitative estimate of drug-likeness (QED) is 0.719. The highest BCUT2D eigenvalue weighted by atomic mass is 19.1. The molecule has 0 bridgehead atoms. The van der Waals surface area contributed by atoms with Gasteiger partial charge in [-0.05, 0) is 61.9 Å². The molecule has 168 valence electrons. The molecule has 4 rings (SSSR count). The number of carbonyl (C=O) groups is 2. The second-order valence-corrected chi connectivity index (χ2v) is 9.07. The maximum absolute atomic E-state index is 14.3. The Bertz CT molecular complexity index is 1050. The van der Waals surface area contributed by atoms with Crippen molar-refractivity contribution < 1.29 is 14.0 Å². The normalized spacial score (nSPS) is 22.2. The maximum atomic E-state index is 14.3. The van der Waals surface area contributed by atoms with E-state index < -0.39 is 11.4 Å². The standard InChI is InChI=1S/C25H29FN4O2/c1-16(18-7-4-3-5-8-18)28-23(32)19-11-17(12-21(26)13-19)15-30-22(31)14-25(2,29-24(30)27)20-9-6-10-20/h3-5,7-8,11-13,16,20H,6,9-10,14-15H2,1-2H3,(H2,27,29)(H,28,32)/t16-,25-/m0/s1. The summed E-state index contributed by atoms with van der Waals surface area (Å²) >= 11 is 0. The van der Waals surface area contributed by atoms with Crippen LogP contribution in [0.2, 0.25) is 0 Å². The molecule has 1 saturated carbocycles. The molecule has 7 heteroatoms. The van der Waals surface area contributed by atoms with Crippen LogP contribution in [-0.2, 0) is 11.3 Å². The van der Waals surface area contributed by atoms with Crippen LogP contribution in [0, 0.1) is 11.7 Å². The summed E-state index contributed by atoms with van der Waals surface area (Å²) in [5, 5.41) is 2.89. The topological polar surface area (TPSA) is 87.8 Å². The van der Waals surface area contributed by atoms with Crippen LogP contribution in [0.1, 0.15) is 67.1 Å². The van der Waals surface area contributed by atoms with Gasteiger partial charge in [0.15, 0.2) is 5.96 Å². The Labute approximate surface area is 187 Å². The summed E-state index contributed by atoms with van der Waals surface area (Å²) in [6.45, 7) is 3.93. The number of nitrogens with one attached hydrogen (secondary N) is 1. The van der Waals surface area contributed by atoms with Gasteiger partial charge in [0.2, 0.25) is 5.91 Å². The van der Waals surface area contributed by atoms with Crippen molar-refractivity contribution in [3.05, 3.63) is 71.0 Å². The highest BCUT2D eigenvalue weighted by Gasteiger charge is 2.44. The summed E-state index contributed by atoms with van der Waals surface area (Å²) in [7, 11) is 0. The van der Waals surface area contributed by atoms with Crippen LogP contribution in [0.3, 0.4) is 0 Å². The third-order valence-corrected chi connectivity index (χ3v) is 6.65. The predicted molar refractivity (Wildman–Crippen MR) is 121 cm³/mol. The maximum Gasteiger partial charge on any atom is 0.251 e. The molecular weight excluding hydrogens is 407 g/mol. The Morgan fingerprint density at radius 3 is 2.62 bits per heavy atom. The molecule has 0 radical (unpaired) electrons. The highest BCUT2D eigenvalue weighted by Crippen LogP contribution is 2.42. The van der Waals surface area contributed by atoms with Crippen molar-refractivity contribution in [1.29, 1.82) is 0 Å². The Balaban J connectivity index is 1.50. The lowest BCUT2D eigenvalue weighted by atomic mass is 9.70. The SMILES string of the molecule is C[C@H](NC(=O)c1cc(F)cc(CN2C(=O)C[C@@](C)(C3CCC3)N=C2N)c1)c1ccccc1. The summed E-state index contributed by atoms with van der Waals surface area (Å²) in [4.78, 5) is 31.6. The minimum atomic E-state index is -0.542. The number of nitrogens with two attached hydrogens (primary N) is 1. The molecule has 2 aromatic carbocycles. The zero-order chi connectivity index (χ0) is 22.9. The van der Waals surface area contributed by atoms with Crippen LogP contribution in [-0.4, -0.2) is 28.2 Å². The van der Waals surface area contributed by atoms with Crippen molar-refractivity contribution >= 4 is 17.8 Å². The number of rotatable bonds is 6. The van der Waals surface area contributed by atoms with E-state index in [2.05, 4.69) is 10.3 Å². The number of hydrogen-bond donors (Lipinski definition) is 2. The van der Waals surface area contributed by atoms with Crippen LogP contribution < -0.4 is 11.1 Å². The highest BCUT2D eigenvalue weighted by molar-refractivity contribution is 5.99. The summed E-state index contributed by atoms with van der Waals surface area (Å²) in [5.74, 6) is -0.516. The van der Waals surface area contributed by atoms with Crippen LogP contribution in [0.15, 0.2) is 53.5 Å². The molecular formula is C25H29FN4O2. The van der Waals surface area contributed by atoms with E-state index in [-0.39, 0.29) is 42.3 Å². The van der Waals surface area contributed by atoms with Gasteiger partial charge in [-0.3, -0.25) is 14.5 Å². The lowest BCUT2D eigenvalue weighted by Gasteiger charge is -2.43. The average Bonchev–Trinajstić information content (AvgIpc) is 2.69. The number of nitrogens with zero attached hydrogens (tertiary/aromatic N) is 2. The molecule has 0 aromatic heterocycles. The van der Waals surface area contributed by atoms with Crippen LogP contribution in [0.25, 0.3) is 0 Å².